The Kier molecular flexibility index (Phi) is 6.56. The number of amides is 2. The molecule has 5 heteroatoms. The minimum Gasteiger partial charge on any atom is -0.384 e. The summed E-state index contributed by atoms with van der Waals surface area (Å²) in [6.07, 6.45) is 0.980. The van der Waals surface area contributed by atoms with E-state index in [1.165, 1.54) is 0 Å². The van der Waals surface area contributed by atoms with Crippen LogP contribution in [0, 0.1) is 6.92 Å². The monoisotopic (exact) mass is 277 g/mol. The van der Waals surface area contributed by atoms with Gasteiger partial charge in [0.2, 0.25) is 5.91 Å². The summed E-state index contributed by atoms with van der Waals surface area (Å²) >= 11 is 0. The van der Waals surface area contributed by atoms with Gasteiger partial charge in [0, 0.05) is 18.8 Å². The normalized spacial score (nSPS) is 9.95. The highest BCUT2D eigenvalue weighted by molar-refractivity contribution is 6.01. The van der Waals surface area contributed by atoms with Gasteiger partial charge in [-0.25, -0.2) is 0 Å². The van der Waals surface area contributed by atoms with Crippen molar-refractivity contribution in [2.45, 2.75) is 27.2 Å². The maximum absolute atomic E-state index is 12.1. The number of aryl methyl sites for hydroxylation is 1. The molecule has 0 aliphatic heterocycles. The maximum atomic E-state index is 12.1. The molecule has 1 rings (SSSR count). The first-order chi connectivity index (χ1) is 9.58. The third-order valence-corrected chi connectivity index (χ3v) is 2.77. The third kappa shape index (κ3) is 4.91. The van der Waals surface area contributed by atoms with Gasteiger partial charge >= 0.3 is 0 Å². The van der Waals surface area contributed by atoms with E-state index in [0.717, 1.165) is 24.2 Å². The van der Waals surface area contributed by atoms with E-state index in [4.69, 9.17) is 0 Å². The maximum Gasteiger partial charge on any atom is 0.253 e. The summed E-state index contributed by atoms with van der Waals surface area (Å²) < 4.78 is 0. The summed E-state index contributed by atoms with van der Waals surface area (Å²) in [4.78, 5) is 23.5. The zero-order valence-corrected chi connectivity index (χ0v) is 12.4. The van der Waals surface area contributed by atoms with E-state index in [1.54, 1.807) is 6.07 Å². The lowest BCUT2D eigenvalue weighted by Gasteiger charge is -2.12. The fourth-order valence-electron chi connectivity index (χ4n) is 1.78. The van der Waals surface area contributed by atoms with Gasteiger partial charge in [-0.1, -0.05) is 13.0 Å². The van der Waals surface area contributed by atoms with Crippen molar-refractivity contribution in [3.05, 3.63) is 29.3 Å². The lowest BCUT2D eigenvalue weighted by Crippen LogP contribution is -2.37. The van der Waals surface area contributed by atoms with Crippen LogP contribution >= 0.6 is 0 Å². The number of likely N-dealkylation sites (N-methyl/N-ethyl adjacent to an activating group) is 1. The summed E-state index contributed by atoms with van der Waals surface area (Å²) in [6, 6.07) is 5.61. The molecule has 0 aliphatic rings. The van der Waals surface area contributed by atoms with Crippen LogP contribution < -0.4 is 16.0 Å². The highest BCUT2D eigenvalue weighted by Crippen LogP contribution is 2.17. The summed E-state index contributed by atoms with van der Waals surface area (Å²) in [5, 5.41) is 8.51. The fraction of sp³-hybridized carbons (Fsp3) is 0.467. The van der Waals surface area contributed by atoms with Crippen LogP contribution in [0.3, 0.4) is 0 Å². The van der Waals surface area contributed by atoms with Crippen molar-refractivity contribution < 1.29 is 9.59 Å². The number of hydrogen-bond acceptors (Lipinski definition) is 3. The second-order valence-electron chi connectivity index (χ2n) is 4.61. The Bertz CT molecular complexity index is 472. The van der Waals surface area contributed by atoms with Crippen molar-refractivity contribution in [3.8, 4) is 0 Å². The number of rotatable bonds is 7. The molecule has 1 aromatic rings. The summed E-state index contributed by atoms with van der Waals surface area (Å²) in [7, 11) is 0. The quantitative estimate of drug-likeness (QED) is 0.710. The van der Waals surface area contributed by atoms with Crippen molar-refractivity contribution in [1.82, 2.24) is 10.6 Å². The number of benzene rings is 1. The molecule has 1 aromatic carbocycles. The molecule has 0 heterocycles. The molecule has 0 bridgehead atoms. The zero-order chi connectivity index (χ0) is 15.0. The van der Waals surface area contributed by atoms with Crippen LogP contribution in [0.15, 0.2) is 18.2 Å². The van der Waals surface area contributed by atoms with Gasteiger partial charge in [0.15, 0.2) is 0 Å². The molecule has 0 unspecified atom stereocenters. The molecule has 2 amide bonds. The molecule has 0 fully saturated rings. The van der Waals surface area contributed by atoms with Gasteiger partial charge in [0.1, 0.15) is 0 Å². The molecule has 0 spiro atoms. The Hall–Kier alpha value is -2.04. The topological polar surface area (TPSA) is 70.2 Å². The van der Waals surface area contributed by atoms with Gasteiger partial charge in [-0.2, -0.15) is 0 Å². The van der Waals surface area contributed by atoms with E-state index in [-0.39, 0.29) is 18.4 Å². The second-order valence-corrected chi connectivity index (χ2v) is 4.61. The number of hydrogen-bond donors (Lipinski definition) is 3. The number of nitrogens with one attached hydrogen (secondary N) is 3. The van der Waals surface area contributed by atoms with Crippen LogP contribution in [-0.4, -0.2) is 31.4 Å². The van der Waals surface area contributed by atoms with Crippen molar-refractivity contribution in [1.29, 1.82) is 0 Å². The lowest BCUT2D eigenvalue weighted by molar-refractivity contribution is -0.120. The van der Waals surface area contributed by atoms with Crippen LogP contribution in [-0.2, 0) is 4.79 Å². The SMILES string of the molecule is CCCNc1cc(C)ccc1C(=O)NCC(=O)NCC. The largest absolute Gasteiger partial charge is 0.384 e. The lowest BCUT2D eigenvalue weighted by atomic mass is 10.1. The number of carbonyl (C=O) groups excluding carboxylic acids is 2. The molecule has 110 valence electrons. The van der Waals surface area contributed by atoms with Gasteiger partial charge in [-0.3, -0.25) is 9.59 Å². The smallest absolute Gasteiger partial charge is 0.253 e. The van der Waals surface area contributed by atoms with E-state index < -0.39 is 0 Å². The average Bonchev–Trinajstić information content (AvgIpc) is 2.43. The molecule has 5 nitrogen and oxygen atoms in total. The standard InChI is InChI=1S/C15H23N3O2/c1-4-8-17-13-9-11(3)6-7-12(13)15(20)18-10-14(19)16-5-2/h6-7,9,17H,4-5,8,10H2,1-3H3,(H,16,19)(H,18,20). The highest BCUT2D eigenvalue weighted by Gasteiger charge is 2.12. The molecule has 0 saturated heterocycles. The Morgan fingerprint density at radius 2 is 1.90 bits per heavy atom. The Labute approximate surface area is 120 Å². The number of carbonyl (C=O) groups is 2. The number of anilines is 1. The van der Waals surface area contributed by atoms with Crippen LogP contribution in [0.2, 0.25) is 0 Å². The van der Waals surface area contributed by atoms with Gasteiger partial charge in [0.05, 0.1) is 12.1 Å². The molecular weight excluding hydrogens is 254 g/mol. The summed E-state index contributed by atoms with van der Waals surface area (Å²) in [5.74, 6) is -0.425. The average molecular weight is 277 g/mol. The van der Waals surface area contributed by atoms with Crippen molar-refractivity contribution in [3.63, 3.8) is 0 Å². The Morgan fingerprint density at radius 1 is 1.15 bits per heavy atom. The first kappa shape index (κ1) is 16.0. The molecule has 20 heavy (non-hydrogen) atoms. The van der Waals surface area contributed by atoms with E-state index >= 15 is 0 Å². The first-order valence-corrected chi connectivity index (χ1v) is 6.97. The van der Waals surface area contributed by atoms with Crippen LogP contribution in [0.1, 0.15) is 36.2 Å². The predicted octanol–water partition coefficient (Wildman–Crippen LogP) is 1.68. The van der Waals surface area contributed by atoms with Crippen molar-refractivity contribution in [2.24, 2.45) is 0 Å². The minimum absolute atomic E-state index is 0.00618. The fourth-order valence-corrected chi connectivity index (χ4v) is 1.78. The Balaban J connectivity index is 2.73. The first-order valence-electron chi connectivity index (χ1n) is 6.97. The molecule has 0 saturated carbocycles. The third-order valence-electron chi connectivity index (χ3n) is 2.77. The molecule has 0 aromatic heterocycles. The summed E-state index contributed by atoms with van der Waals surface area (Å²) in [6.45, 7) is 7.24. The summed E-state index contributed by atoms with van der Waals surface area (Å²) in [5.41, 5.74) is 2.46. The van der Waals surface area contributed by atoms with Crippen LogP contribution in [0.5, 0.6) is 0 Å². The van der Waals surface area contributed by atoms with Gasteiger partial charge in [-0.05, 0) is 38.0 Å². The van der Waals surface area contributed by atoms with Gasteiger partial charge in [-0.15, -0.1) is 0 Å². The van der Waals surface area contributed by atoms with E-state index in [1.807, 2.05) is 26.0 Å². The van der Waals surface area contributed by atoms with E-state index in [9.17, 15) is 9.59 Å². The van der Waals surface area contributed by atoms with E-state index in [0.29, 0.717) is 12.1 Å². The molecule has 0 atom stereocenters. The van der Waals surface area contributed by atoms with E-state index in [2.05, 4.69) is 22.9 Å². The molecule has 0 aliphatic carbocycles. The van der Waals surface area contributed by atoms with Crippen LogP contribution in [0.4, 0.5) is 5.69 Å². The predicted molar refractivity (Wildman–Crippen MR) is 81.0 cm³/mol. The van der Waals surface area contributed by atoms with Crippen molar-refractivity contribution >= 4 is 17.5 Å². The van der Waals surface area contributed by atoms with Crippen molar-refractivity contribution in [2.75, 3.05) is 25.0 Å². The molecule has 0 radical (unpaired) electrons. The van der Waals surface area contributed by atoms with Crippen LogP contribution in [0.25, 0.3) is 0 Å². The zero-order valence-electron chi connectivity index (χ0n) is 12.4. The van der Waals surface area contributed by atoms with Gasteiger partial charge < -0.3 is 16.0 Å². The van der Waals surface area contributed by atoms with Gasteiger partial charge in [0.25, 0.3) is 5.91 Å². The second kappa shape index (κ2) is 8.19. The Morgan fingerprint density at radius 3 is 2.55 bits per heavy atom. The molecular formula is C15H23N3O2. The molecule has 3 N–H and O–H groups in total. The highest BCUT2D eigenvalue weighted by atomic mass is 16.2. The minimum atomic E-state index is -0.241.